The van der Waals surface area contributed by atoms with Crippen LogP contribution in [0.4, 0.5) is 0 Å². The fourth-order valence-electron chi connectivity index (χ4n) is 4.14. The maximum absolute atomic E-state index is 13.2. The van der Waals surface area contributed by atoms with E-state index in [1.807, 2.05) is 51.4 Å². The van der Waals surface area contributed by atoms with E-state index < -0.39 is 28.5 Å². The molecule has 0 bridgehead atoms. The number of benzene rings is 3. The van der Waals surface area contributed by atoms with Crippen LogP contribution in [-0.2, 0) is 26.0 Å². The average Bonchev–Trinajstić information content (AvgIpc) is 2.88. The number of carboxylic acids is 1. The minimum Gasteiger partial charge on any atom is -0.492 e. The van der Waals surface area contributed by atoms with Crippen LogP contribution >= 0.6 is 0 Å². The highest BCUT2D eigenvalue weighted by Crippen LogP contribution is 2.27. The second kappa shape index (κ2) is 12.6. The zero-order valence-corrected chi connectivity index (χ0v) is 22.3. The molecule has 0 saturated carbocycles. The molecule has 0 aliphatic rings. The number of fused-ring (bicyclic) bond motifs is 1. The Kier molecular flexibility index (Phi) is 9.56. The number of amides is 1. The second-order valence-electron chi connectivity index (χ2n) is 8.69. The first-order valence-corrected chi connectivity index (χ1v) is 13.5. The largest absolute Gasteiger partial charge is 0.492 e. The number of hydrogen-bond donors (Lipinski definition) is 2. The van der Waals surface area contributed by atoms with Gasteiger partial charge >= 0.3 is 5.97 Å². The van der Waals surface area contributed by atoms with E-state index in [9.17, 15) is 22.8 Å². The number of rotatable bonds is 13. The molecule has 1 amide bonds. The Morgan fingerprint density at radius 3 is 2.32 bits per heavy atom. The Labute approximate surface area is 221 Å². The summed E-state index contributed by atoms with van der Waals surface area (Å²) in [4.78, 5) is 35.1. The monoisotopic (exact) mass is 541 g/mol. The molecule has 38 heavy (non-hydrogen) atoms. The summed E-state index contributed by atoms with van der Waals surface area (Å²) in [6.45, 7) is 2.57. The quantitative estimate of drug-likeness (QED) is 0.249. The maximum atomic E-state index is 13.2. The van der Waals surface area contributed by atoms with E-state index in [1.165, 1.54) is 18.2 Å². The van der Waals surface area contributed by atoms with E-state index in [0.29, 0.717) is 18.5 Å². The number of carbonyl (C=O) groups is 3. The Morgan fingerprint density at radius 2 is 1.68 bits per heavy atom. The first kappa shape index (κ1) is 28.8. The summed E-state index contributed by atoms with van der Waals surface area (Å²) in [5.41, 5.74) is 1.50. The van der Waals surface area contributed by atoms with Crippen molar-refractivity contribution in [2.24, 2.45) is 0 Å². The Hall–Kier alpha value is -3.80. The van der Waals surface area contributed by atoms with E-state index in [-0.39, 0.29) is 29.4 Å². The van der Waals surface area contributed by atoms with Gasteiger partial charge in [-0.2, -0.15) is 0 Å². The molecule has 1 unspecified atom stereocenters. The van der Waals surface area contributed by atoms with Crippen LogP contribution in [0.2, 0.25) is 0 Å². The van der Waals surface area contributed by atoms with Crippen LogP contribution in [0.5, 0.6) is 5.75 Å². The molecule has 3 rings (SSSR count). The fraction of sp³-hybridized carbons (Fsp3) is 0.296. The van der Waals surface area contributed by atoms with Crippen LogP contribution < -0.4 is 9.46 Å². The van der Waals surface area contributed by atoms with Gasteiger partial charge in [0.15, 0.2) is 0 Å². The van der Waals surface area contributed by atoms with Crippen molar-refractivity contribution >= 4 is 39.0 Å². The molecule has 0 saturated heterocycles. The number of aldehydes is 1. The van der Waals surface area contributed by atoms with Gasteiger partial charge in [0.1, 0.15) is 16.9 Å². The van der Waals surface area contributed by atoms with E-state index in [4.69, 9.17) is 9.84 Å². The van der Waals surface area contributed by atoms with Gasteiger partial charge in [0.05, 0.1) is 19.1 Å². The number of hydrogen-bond acceptors (Lipinski definition) is 7. The smallest absolute Gasteiger partial charge is 0.305 e. The lowest BCUT2D eigenvalue weighted by Crippen LogP contribution is -2.41. The van der Waals surface area contributed by atoms with Gasteiger partial charge < -0.3 is 14.6 Å². The highest BCUT2D eigenvalue weighted by Gasteiger charge is 2.25. The highest BCUT2D eigenvalue weighted by molar-refractivity contribution is 7.89. The number of para-hydroxylation sites is 1. The number of hydrazine groups is 1. The van der Waals surface area contributed by atoms with Crippen LogP contribution in [0.25, 0.3) is 10.8 Å². The third kappa shape index (κ3) is 6.74. The molecular weight excluding hydrogens is 510 g/mol. The van der Waals surface area contributed by atoms with Gasteiger partial charge in [0.25, 0.3) is 5.91 Å². The number of nitrogens with zero attached hydrogens (tertiary/aromatic N) is 2. The molecule has 0 heterocycles. The van der Waals surface area contributed by atoms with Crippen LogP contribution in [0, 0.1) is 0 Å². The van der Waals surface area contributed by atoms with Crippen molar-refractivity contribution in [1.29, 1.82) is 0 Å². The molecule has 0 radical (unpaired) electrons. The lowest BCUT2D eigenvalue weighted by atomic mass is 9.97. The molecule has 11 heteroatoms. The van der Waals surface area contributed by atoms with Crippen molar-refractivity contribution < 1.29 is 32.6 Å². The van der Waals surface area contributed by atoms with Gasteiger partial charge in [0, 0.05) is 32.6 Å². The number of carbonyl (C=O) groups excluding carboxylic acids is 2. The predicted octanol–water partition coefficient (Wildman–Crippen LogP) is 2.72. The third-order valence-electron chi connectivity index (χ3n) is 5.89. The van der Waals surface area contributed by atoms with Crippen molar-refractivity contribution in [3.05, 3.63) is 71.8 Å². The molecular formula is C27H31N3O7S. The van der Waals surface area contributed by atoms with Gasteiger partial charge in [-0.25, -0.2) is 18.1 Å². The first-order chi connectivity index (χ1) is 18.1. The summed E-state index contributed by atoms with van der Waals surface area (Å²) in [5.74, 6) is -1.35. The van der Waals surface area contributed by atoms with Gasteiger partial charge in [-0.05, 0) is 41.5 Å². The third-order valence-corrected chi connectivity index (χ3v) is 7.42. The average molecular weight is 542 g/mol. The predicted molar refractivity (Wildman–Crippen MR) is 142 cm³/mol. The molecule has 1 atom stereocenters. The van der Waals surface area contributed by atoms with E-state index in [1.54, 1.807) is 22.2 Å². The second-order valence-corrected chi connectivity index (χ2v) is 10.4. The topological polar surface area (TPSA) is 133 Å². The van der Waals surface area contributed by atoms with Crippen LogP contribution in [-0.4, -0.2) is 75.0 Å². The lowest BCUT2D eigenvalue weighted by Gasteiger charge is -2.28. The molecule has 202 valence electrons. The van der Waals surface area contributed by atoms with Gasteiger partial charge in [-0.3, -0.25) is 14.6 Å². The molecule has 3 aromatic rings. The van der Waals surface area contributed by atoms with Gasteiger partial charge in [-0.15, -0.1) is 0 Å². The van der Waals surface area contributed by atoms with Crippen molar-refractivity contribution in [3.63, 3.8) is 0 Å². The standard InChI is InChI=1S/C27H31N3O7S/c1-4-30(29(2)3)27(34)23-14-13-19(21-9-5-6-10-22(21)23)15-16-37-24-11-7-8-12-25(24)38(35,36)28-20(18-31)17-26(32)33/h5-14,18,20,28H,4,15-17H2,1-3H3,(H,32,33). The van der Waals surface area contributed by atoms with Crippen LogP contribution in [0.1, 0.15) is 29.3 Å². The number of nitrogens with one attached hydrogen (secondary N) is 1. The zero-order valence-electron chi connectivity index (χ0n) is 21.5. The lowest BCUT2D eigenvalue weighted by molar-refractivity contribution is -0.138. The minimum absolute atomic E-state index is 0.0700. The van der Waals surface area contributed by atoms with Crippen molar-refractivity contribution in [2.45, 2.75) is 30.7 Å². The number of sulfonamides is 1. The minimum atomic E-state index is -4.23. The number of aliphatic carboxylic acids is 1. The summed E-state index contributed by atoms with van der Waals surface area (Å²) in [7, 11) is -0.599. The molecule has 2 N–H and O–H groups in total. The Morgan fingerprint density at radius 1 is 1.03 bits per heavy atom. The number of ether oxygens (including phenoxy) is 1. The molecule has 0 aliphatic heterocycles. The summed E-state index contributed by atoms with van der Waals surface area (Å²) < 4.78 is 33.7. The summed E-state index contributed by atoms with van der Waals surface area (Å²) in [6, 6.07) is 15.8. The fourth-order valence-corrected chi connectivity index (χ4v) is 5.46. The maximum Gasteiger partial charge on any atom is 0.305 e. The summed E-state index contributed by atoms with van der Waals surface area (Å²) in [6.07, 6.45) is -0.00719. The molecule has 0 spiro atoms. The van der Waals surface area contributed by atoms with Crippen LogP contribution in [0.3, 0.4) is 0 Å². The highest BCUT2D eigenvalue weighted by atomic mass is 32.2. The van der Waals surface area contributed by atoms with Gasteiger partial charge in [-0.1, -0.05) is 42.5 Å². The SMILES string of the molecule is CCN(C(=O)c1ccc(CCOc2ccccc2S(=O)(=O)NC(C=O)CC(=O)O)c2ccccc12)N(C)C. The molecule has 0 aliphatic carbocycles. The zero-order chi connectivity index (χ0) is 27.9. The van der Waals surface area contributed by atoms with E-state index >= 15 is 0 Å². The molecule has 0 aromatic heterocycles. The van der Waals surface area contributed by atoms with E-state index in [2.05, 4.69) is 4.72 Å². The number of carboxylic acid groups (broad SMARTS) is 1. The summed E-state index contributed by atoms with van der Waals surface area (Å²) >= 11 is 0. The van der Waals surface area contributed by atoms with Crippen LogP contribution in [0.15, 0.2) is 65.6 Å². The first-order valence-electron chi connectivity index (χ1n) is 12.0. The van der Waals surface area contributed by atoms with Crippen molar-refractivity contribution in [1.82, 2.24) is 14.7 Å². The Bertz CT molecular complexity index is 1420. The molecule has 0 fully saturated rings. The normalized spacial score (nSPS) is 12.3. The van der Waals surface area contributed by atoms with E-state index in [0.717, 1.165) is 16.3 Å². The molecule has 3 aromatic carbocycles. The Balaban J connectivity index is 1.82. The van der Waals surface area contributed by atoms with Gasteiger partial charge in [0.2, 0.25) is 10.0 Å². The van der Waals surface area contributed by atoms with Crippen molar-refractivity contribution in [3.8, 4) is 5.75 Å². The summed E-state index contributed by atoms with van der Waals surface area (Å²) in [5, 5.41) is 14.0. The van der Waals surface area contributed by atoms with Crippen molar-refractivity contribution in [2.75, 3.05) is 27.2 Å². The molecule has 10 nitrogen and oxygen atoms in total.